The Hall–Kier alpha value is -1.80. The molecule has 23 heavy (non-hydrogen) atoms. The average molecular weight is 343 g/mol. The highest BCUT2D eigenvalue weighted by atomic mass is 32.2. The summed E-state index contributed by atoms with van der Waals surface area (Å²) < 4.78 is 45.8. The minimum absolute atomic E-state index is 0.151. The van der Waals surface area contributed by atoms with Crippen LogP contribution >= 0.6 is 11.8 Å². The molecule has 0 N–H and O–H groups in total. The number of allylic oxidation sites excluding steroid dienone is 1. The number of ether oxygens (including phenoxy) is 1. The number of benzene rings is 1. The summed E-state index contributed by atoms with van der Waals surface area (Å²) in [5.41, 5.74) is -0.411. The average Bonchev–Trinajstić information content (AvgIpc) is 2.88. The molecule has 0 radical (unpaired) electrons. The number of rotatable bonds is 7. The molecule has 124 valence electrons. The Morgan fingerprint density at radius 2 is 2.04 bits per heavy atom. The van der Waals surface area contributed by atoms with Crippen molar-refractivity contribution in [2.24, 2.45) is 0 Å². The maximum Gasteiger partial charge on any atom is 0.416 e. The molecule has 2 rings (SSSR count). The van der Waals surface area contributed by atoms with E-state index in [2.05, 4.69) is 16.8 Å². The molecule has 0 amide bonds. The van der Waals surface area contributed by atoms with E-state index in [1.54, 1.807) is 23.8 Å². The van der Waals surface area contributed by atoms with Gasteiger partial charge in [0.15, 0.2) is 11.0 Å². The molecule has 0 aliphatic rings. The molecule has 0 unspecified atom stereocenters. The zero-order valence-electron chi connectivity index (χ0n) is 12.5. The fraction of sp³-hybridized carbons (Fsp3) is 0.333. The molecule has 0 spiro atoms. The first-order valence-electron chi connectivity index (χ1n) is 6.77. The summed E-state index contributed by atoms with van der Waals surface area (Å²) in [5.74, 6) is 0.761. The van der Waals surface area contributed by atoms with Crippen LogP contribution in [-0.4, -0.2) is 21.9 Å². The molecule has 0 bridgehead atoms. The first-order chi connectivity index (χ1) is 11.0. The smallest absolute Gasteiger partial charge is 0.377 e. The minimum Gasteiger partial charge on any atom is -0.377 e. The van der Waals surface area contributed by atoms with Gasteiger partial charge in [0.2, 0.25) is 0 Å². The number of aromatic nitrogens is 3. The highest BCUT2D eigenvalue weighted by molar-refractivity contribution is 7.98. The number of alkyl halides is 3. The van der Waals surface area contributed by atoms with Crippen LogP contribution in [0.2, 0.25) is 0 Å². The van der Waals surface area contributed by atoms with Gasteiger partial charge in [0, 0.05) is 19.4 Å². The van der Waals surface area contributed by atoms with E-state index >= 15 is 0 Å². The molecule has 1 heterocycles. The van der Waals surface area contributed by atoms with Gasteiger partial charge < -0.3 is 9.30 Å². The molecule has 0 saturated carbocycles. The second-order valence-corrected chi connectivity index (χ2v) is 5.62. The molecule has 1 aromatic carbocycles. The van der Waals surface area contributed by atoms with Crippen molar-refractivity contribution < 1.29 is 17.9 Å². The second-order valence-electron chi connectivity index (χ2n) is 4.67. The summed E-state index contributed by atoms with van der Waals surface area (Å²) in [5, 5.41) is 8.57. The van der Waals surface area contributed by atoms with Crippen molar-refractivity contribution >= 4 is 11.8 Å². The normalized spacial score (nSPS) is 11.7. The lowest BCUT2D eigenvalue weighted by atomic mass is 10.1. The van der Waals surface area contributed by atoms with Gasteiger partial charge in [0.25, 0.3) is 0 Å². The van der Waals surface area contributed by atoms with E-state index in [1.807, 2.05) is 0 Å². The topological polar surface area (TPSA) is 39.9 Å². The van der Waals surface area contributed by atoms with E-state index in [-0.39, 0.29) is 17.9 Å². The van der Waals surface area contributed by atoms with Gasteiger partial charge in [-0.1, -0.05) is 36.0 Å². The van der Waals surface area contributed by atoms with Gasteiger partial charge in [-0.3, -0.25) is 0 Å². The molecule has 0 aliphatic heterocycles. The SMILES string of the molecule is C=CCn1c(COC)nnc1SCc1ccccc1C(F)(F)F. The van der Waals surface area contributed by atoms with Crippen molar-refractivity contribution in [3.63, 3.8) is 0 Å². The lowest BCUT2D eigenvalue weighted by Gasteiger charge is -2.12. The van der Waals surface area contributed by atoms with E-state index in [0.29, 0.717) is 17.5 Å². The van der Waals surface area contributed by atoms with Gasteiger partial charge in [-0.25, -0.2) is 0 Å². The van der Waals surface area contributed by atoms with Gasteiger partial charge in [0.1, 0.15) is 6.61 Å². The van der Waals surface area contributed by atoms with Crippen LogP contribution in [-0.2, 0) is 29.8 Å². The monoisotopic (exact) mass is 343 g/mol. The maximum absolute atomic E-state index is 13.0. The van der Waals surface area contributed by atoms with Crippen LogP contribution in [0.4, 0.5) is 13.2 Å². The summed E-state index contributed by atoms with van der Waals surface area (Å²) >= 11 is 1.20. The maximum atomic E-state index is 13.0. The Labute approximate surface area is 136 Å². The van der Waals surface area contributed by atoms with Crippen LogP contribution < -0.4 is 0 Å². The minimum atomic E-state index is -4.37. The lowest BCUT2D eigenvalue weighted by molar-refractivity contribution is -0.138. The van der Waals surface area contributed by atoms with E-state index in [0.717, 1.165) is 6.07 Å². The fourth-order valence-corrected chi connectivity index (χ4v) is 3.01. The van der Waals surface area contributed by atoms with Crippen LogP contribution in [0.1, 0.15) is 17.0 Å². The zero-order valence-corrected chi connectivity index (χ0v) is 13.3. The summed E-state index contributed by atoms with van der Waals surface area (Å²) in [4.78, 5) is 0. The quantitative estimate of drug-likeness (QED) is 0.564. The number of methoxy groups -OCH3 is 1. The number of halogens is 3. The molecule has 0 fully saturated rings. The van der Waals surface area contributed by atoms with Crippen molar-refractivity contribution in [2.45, 2.75) is 30.2 Å². The summed E-state index contributed by atoms with van der Waals surface area (Å²) in [6, 6.07) is 5.53. The van der Waals surface area contributed by atoms with Gasteiger partial charge in [0.05, 0.1) is 5.56 Å². The number of nitrogens with zero attached hydrogens (tertiary/aromatic N) is 3. The Balaban J connectivity index is 2.20. The van der Waals surface area contributed by atoms with Gasteiger partial charge in [-0.05, 0) is 11.6 Å². The molecule has 0 aliphatic carbocycles. The van der Waals surface area contributed by atoms with E-state index < -0.39 is 11.7 Å². The van der Waals surface area contributed by atoms with Crippen LogP contribution in [0, 0.1) is 0 Å². The lowest BCUT2D eigenvalue weighted by Crippen LogP contribution is -2.09. The van der Waals surface area contributed by atoms with Crippen LogP contribution in [0.25, 0.3) is 0 Å². The molecular weight excluding hydrogens is 327 g/mol. The second kappa shape index (κ2) is 7.65. The van der Waals surface area contributed by atoms with Crippen molar-refractivity contribution in [2.75, 3.05) is 7.11 Å². The summed E-state index contributed by atoms with van der Waals surface area (Å²) in [7, 11) is 1.54. The molecule has 1 aromatic heterocycles. The molecule has 8 heteroatoms. The highest BCUT2D eigenvalue weighted by Gasteiger charge is 2.32. The molecular formula is C15H16F3N3OS. The predicted octanol–water partition coefficient (Wildman–Crippen LogP) is 3.92. The largest absolute Gasteiger partial charge is 0.416 e. The van der Waals surface area contributed by atoms with Crippen molar-refractivity contribution in [3.8, 4) is 0 Å². The number of hydrogen-bond acceptors (Lipinski definition) is 4. The molecule has 0 saturated heterocycles. The Morgan fingerprint density at radius 3 is 2.70 bits per heavy atom. The number of thioether (sulfide) groups is 1. The predicted molar refractivity (Wildman–Crippen MR) is 81.9 cm³/mol. The standard InChI is InChI=1S/C15H16F3N3OS/c1-3-8-21-13(9-22-2)19-20-14(21)23-10-11-6-4-5-7-12(11)15(16,17)18/h3-7H,1,8-10H2,2H3. The van der Waals surface area contributed by atoms with E-state index in [9.17, 15) is 13.2 Å². The van der Waals surface area contributed by atoms with Crippen LogP contribution in [0.3, 0.4) is 0 Å². The first-order valence-corrected chi connectivity index (χ1v) is 7.75. The Kier molecular flexibility index (Phi) is 5.84. The Morgan fingerprint density at radius 1 is 1.30 bits per heavy atom. The third kappa shape index (κ3) is 4.35. The third-order valence-electron chi connectivity index (χ3n) is 3.06. The van der Waals surface area contributed by atoms with Crippen molar-refractivity contribution in [1.82, 2.24) is 14.8 Å². The molecule has 0 atom stereocenters. The van der Waals surface area contributed by atoms with Crippen LogP contribution in [0.5, 0.6) is 0 Å². The Bertz CT molecular complexity index is 670. The number of hydrogen-bond donors (Lipinski definition) is 0. The van der Waals surface area contributed by atoms with Gasteiger partial charge in [-0.2, -0.15) is 13.2 Å². The highest BCUT2D eigenvalue weighted by Crippen LogP contribution is 2.34. The zero-order chi connectivity index (χ0) is 16.9. The van der Waals surface area contributed by atoms with E-state index in [4.69, 9.17) is 4.74 Å². The van der Waals surface area contributed by atoms with Gasteiger partial charge >= 0.3 is 6.18 Å². The van der Waals surface area contributed by atoms with Crippen molar-refractivity contribution in [1.29, 1.82) is 0 Å². The third-order valence-corrected chi connectivity index (χ3v) is 4.07. The van der Waals surface area contributed by atoms with E-state index in [1.165, 1.54) is 23.9 Å². The molecule has 4 nitrogen and oxygen atoms in total. The van der Waals surface area contributed by atoms with Gasteiger partial charge in [-0.15, -0.1) is 16.8 Å². The fourth-order valence-electron chi connectivity index (χ4n) is 2.04. The molecule has 2 aromatic rings. The first kappa shape index (κ1) is 17.6. The summed E-state index contributed by atoms with van der Waals surface area (Å²) in [6.07, 6.45) is -2.69. The van der Waals surface area contributed by atoms with Crippen LogP contribution in [0.15, 0.2) is 42.1 Å². The van der Waals surface area contributed by atoms with Crippen molar-refractivity contribution in [3.05, 3.63) is 53.9 Å². The summed E-state index contributed by atoms with van der Waals surface area (Å²) in [6.45, 7) is 4.41.